The number of fused-ring (bicyclic) bond motifs is 1. The topological polar surface area (TPSA) is 88.4 Å². The molecular weight excluding hydrogens is 480 g/mol. The molecule has 1 aromatic carbocycles. The molecule has 6 nitrogen and oxygen atoms in total. The van der Waals surface area contributed by atoms with E-state index >= 15 is 0 Å². The first-order valence-electron chi connectivity index (χ1n) is 8.95. The molecule has 0 fully saturated rings. The van der Waals surface area contributed by atoms with Crippen molar-refractivity contribution in [2.45, 2.75) is 26.2 Å². The maximum Gasteiger partial charge on any atom is 0.344 e. The SMILES string of the molecule is CC1CCc2c(sc(NC(=O)COC(=O)COc3ccc(Cl)cc3Br)c2C#N)C1. The van der Waals surface area contributed by atoms with Gasteiger partial charge < -0.3 is 14.8 Å². The van der Waals surface area contributed by atoms with E-state index in [9.17, 15) is 14.9 Å². The molecule has 152 valence electrons. The molecule has 1 aliphatic carbocycles. The van der Waals surface area contributed by atoms with Gasteiger partial charge in [0.2, 0.25) is 0 Å². The Kier molecular flexibility index (Phi) is 7.17. The average Bonchev–Trinajstić information content (AvgIpc) is 3.01. The van der Waals surface area contributed by atoms with Crippen LogP contribution in [0.5, 0.6) is 5.75 Å². The Hall–Kier alpha value is -2.08. The quantitative estimate of drug-likeness (QED) is 0.583. The highest BCUT2D eigenvalue weighted by Gasteiger charge is 2.24. The molecule has 0 saturated heterocycles. The minimum Gasteiger partial charge on any atom is -0.481 e. The third kappa shape index (κ3) is 5.50. The number of carbonyl (C=O) groups excluding carboxylic acids is 2. The van der Waals surface area contributed by atoms with Gasteiger partial charge in [0, 0.05) is 9.90 Å². The molecule has 1 amide bonds. The lowest BCUT2D eigenvalue weighted by Crippen LogP contribution is -2.23. The van der Waals surface area contributed by atoms with E-state index in [1.807, 2.05) is 0 Å². The van der Waals surface area contributed by atoms with Gasteiger partial charge in [-0.05, 0) is 64.9 Å². The Morgan fingerprint density at radius 1 is 1.41 bits per heavy atom. The highest BCUT2D eigenvalue weighted by atomic mass is 79.9. The van der Waals surface area contributed by atoms with Crippen molar-refractivity contribution in [3.05, 3.63) is 43.7 Å². The first-order chi connectivity index (χ1) is 13.9. The molecule has 0 spiro atoms. The van der Waals surface area contributed by atoms with Gasteiger partial charge in [0.15, 0.2) is 13.2 Å². The molecule has 1 heterocycles. The second-order valence-corrected chi connectivity index (χ2v) is 9.14. The number of amides is 1. The lowest BCUT2D eigenvalue weighted by atomic mass is 9.89. The molecule has 2 aromatic rings. The Bertz CT molecular complexity index is 986. The molecule has 0 saturated carbocycles. The number of benzene rings is 1. The highest BCUT2D eigenvalue weighted by molar-refractivity contribution is 9.10. The molecule has 3 rings (SSSR count). The van der Waals surface area contributed by atoms with Crippen LogP contribution in [-0.2, 0) is 27.2 Å². The Morgan fingerprint density at radius 3 is 2.93 bits per heavy atom. The molecule has 1 atom stereocenters. The molecule has 1 unspecified atom stereocenters. The molecule has 1 aliphatic rings. The normalized spacial score (nSPS) is 15.2. The lowest BCUT2D eigenvalue weighted by Gasteiger charge is -2.17. The second-order valence-electron chi connectivity index (χ2n) is 6.74. The number of hydrogen-bond acceptors (Lipinski definition) is 6. The zero-order chi connectivity index (χ0) is 21.0. The van der Waals surface area contributed by atoms with Crippen molar-refractivity contribution in [3.8, 4) is 11.8 Å². The van der Waals surface area contributed by atoms with Gasteiger partial charge in [0.1, 0.15) is 16.8 Å². The first-order valence-corrected chi connectivity index (χ1v) is 10.9. The molecule has 0 radical (unpaired) electrons. The van der Waals surface area contributed by atoms with Crippen LogP contribution in [0.15, 0.2) is 22.7 Å². The van der Waals surface area contributed by atoms with Gasteiger partial charge in [-0.3, -0.25) is 4.79 Å². The molecule has 1 N–H and O–H groups in total. The molecule has 0 aliphatic heterocycles. The summed E-state index contributed by atoms with van der Waals surface area (Å²) in [6.45, 7) is 1.38. The number of thiophene rings is 1. The molecule has 0 bridgehead atoms. The standard InChI is InChI=1S/C20H18BrClN2O4S/c1-11-2-4-13-14(8-23)20(29-17(13)6-11)24-18(25)9-28-19(26)10-27-16-5-3-12(22)7-15(16)21/h3,5,7,11H,2,4,6,9-10H2,1H3,(H,24,25). The Morgan fingerprint density at radius 2 is 2.21 bits per heavy atom. The van der Waals surface area contributed by atoms with Crippen LogP contribution in [0.25, 0.3) is 0 Å². The van der Waals surface area contributed by atoms with Crippen LogP contribution < -0.4 is 10.1 Å². The fourth-order valence-electron chi connectivity index (χ4n) is 3.04. The van der Waals surface area contributed by atoms with Crippen molar-refractivity contribution in [2.75, 3.05) is 18.5 Å². The predicted octanol–water partition coefficient (Wildman–Crippen LogP) is 4.72. The van der Waals surface area contributed by atoms with Gasteiger partial charge in [-0.1, -0.05) is 18.5 Å². The minimum absolute atomic E-state index is 0.345. The fourth-order valence-corrected chi connectivity index (χ4v) is 5.21. The van der Waals surface area contributed by atoms with Crippen molar-refractivity contribution >= 4 is 55.7 Å². The van der Waals surface area contributed by atoms with Crippen LogP contribution in [-0.4, -0.2) is 25.1 Å². The summed E-state index contributed by atoms with van der Waals surface area (Å²) in [4.78, 5) is 25.2. The Balaban J connectivity index is 1.51. The highest BCUT2D eigenvalue weighted by Crippen LogP contribution is 2.39. The molecular formula is C20H18BrClN2O4S. The minimum atomic E-state index is -0.679. The van der Waals surface area contributed by atoms with Crippen LogP contribution in [0.2, 0.25) is 5.02 Å². The van der Waals surface area contributed by atoms with E-state index in [1.165, 1.54) is 11.3 Å². The number of nitrogens with one attached hydrogen (secondary N) is 1. The Labute approximate surface area is 185 Å². The number of ether oxygens (including phenoxy) is 2. The van der Waals surface area contributed by atoms with E-state index in [-0.39, 0.29) is 6.61 Å². The van der Waals surface area contributed by atoms with Gasteiger partial charge in [-0.25, -0.2) is 4.79 Å². The number of esters is 1. The summed E-state index contributed by atoms with van der Waals surface area (Å²) in [6, 6.07) is 7.09. The van der Waals surface area contributed by atoms with Crippen molar-refractivity contribution in [3.63, 3.8) is 0 Å². The summed E-state index contributed by atoms with van der Waals surface area (Å²) < 4.78 is 10.9. The fraction of sp³-hybridized carbons (Fsp3) is 0.350. The van der Waals surface area contributed by atoms with E-state index in [4.69, 9.17) is 21.1 Å². The summed E-state index contributed by atoms with van der Waals surface area (Å²) >= 11 is 10.6. The van der Waals surface area contributed by atoms with E-state index in [0.717, 1.165) is 29.7 Å². The zero-order valence-corrected chi connectivity index (χ0v) is 18.7. The van der Waals surface area contributed by atoms with Gasteiger partial charge in [0.05, 0.1) is 10.0 Å². The van der Waals surface area contributed by atoms with Gasteiger partial charge >= 0.3 is 5.97 Å². The third-order valence-electron chi connectivity index (χ3n) is 4.48. The van der Waals surface area contributed by atoms with Crippen LogP contribution >= 0.6 is 38.9 Å². The number of carbonyl (C=O) groups is 2. The van der Waals surface area contributed by atoms with E-state index in [0.29, 0.717) is 31.7 Å². The second kappa shape index (κ2) is 9.61. The van der Waals surface area contributed by atoms with E-state index in [1.54, 1.807) is 18.2 Å². The van der Waals surface area contributed by atoms with Crippen molar-refractivity contribution in [1.29, 1.82) is 5.26 Å². The molecule has 9 heteroatoms. The van der Waals surface area contributed by atoms with Crippen molar-refractivity contribution < 1.29 is 19.1 Å². The number of halogens is 2. The smallest absolute Gasteiger partial charge is 0.344 e. The van der Waals surface area contributed by atoms with Gasteiger partial charge in [-0.15, -0.1) is 11.3 Å². The lowest BCUT2D eigenvalue weighted by molar-refractivity contribution is -0.149. The monoisotopic (exact) mass is 496 g/mol. The maximum absolute atomic E-state index is 12.2. The molecule has 1 aromatic heterocycles. The summed E-state index contributed by atoms with van der Waals surface area (Å²) in [6.07, 6.45) is 2.79. The summed E-state index contributed by atoms with van der Waals surface area (Å²) in [5, 5.41) is 13.2. The van der Waals surface area contributed by atoms with E-state index < -0.39 is 18.5 Å². The van der Waals surface area contributed by atoms with Crippen molar-refractivity contribution in [1.82, 2.24) is 0 Å². The predicted molar refractivity (Wildman–Crippen MR) is 114 cm³/mol. The van der Waals surface area contributed by atoms with Gasteiger partial charge in [0.25, 0.3) is 5.91 Å². The van der Waals surface area contributed by atoms with E-state index in [2.05, 4.69) is 34.2 Å². The molecule has 29 heavy (non-hydrogen) atoms. The summed E-state index contributed by atoms with van der Waals surface area (Å²) in [5.74, 6) is -0.165. The summed E-state index contributed by atoms with van der Waals surface area (Å²) in [5.41, 5.74) is 1.55. The van der Waals surface area contributed by atoms with Crippen LogP contribution in [0.3, 0.4) is 0 Å². The number of nitriles is 1. The number of rotatable bonds is 6. The van der Waals surface area contributed by atoms with Gasteiger partial charge in [-0.2, -0.15) is 5.26 Å². The van der Waals surface area contributed by atoms with Crippen LogP contribution in [0.4, 0.5) is 5.00 Å². The average molecular weight is 498 g/mol. The van der Waals surface area contributed by atoms with Crippen molar-refractivity contribution in [2.24, 2.45) is 5.92 Å². The van der Waals surface area contributed by atoms with Crippen LogP contribution in [0.1, 0.15) is 29.3 Å². The number of nitrogens with zero attached hydrogens (tertiary/aromatic N) is 1. The number of anilines is 1. The van der Waals surface area contributed by atoms with Crippen LogP contribution in [0, 0.1) is 17.2 Å². The zero-order valence-electron chi connectivity index (χ0n) is 15.6. The maximum atomic E-state index is 12.2. The third-order valence-corrected chi connectivity index (χ3v) is 6.50. The summed E-state index contributed by atoms with van der Waals surface area (Å²) in [7, 11) is 0. The largest absolute Gasteiger partial charge is 0.481 e. The first kappa shape index (κ1) is 21.6. The number of hydrogen-bond donors (Lipinski definition) is 1.